The number of hydrogen-bond donors (Lipinski definition) is 1. The van der Waals surface area contributed by atoms with Crippen LogP contribution in [0.1, 0.15) is 29.3 Å². The molecule has 0 spiro atoms. The van der Waals surface area contributed by atoms with Crippen molar-refractivity contribution < 1.29 is 22.5 Å². The monoisotopic (exact) mass is 337 g/mol. The quantitative estimate of drug-likeness (QED) is 0.715. The highest BCUT2D eigenvalue weighted by atomic mass is 35.5. The van der Waals surface area contributed by atoms with Crippen LogP contribution < -0.4 is 17.7 Å². The van der Waals surface area contributed by atoms with E-state index in [1.807, 2.05) is 6.07 Å². The lowest BCUT2D eigenvalue weighted by Gasteiger charge is -2.10. The van der Waals surface area contributed by atoms with E-state index in [9.17, 15) is 4.79 Å². The van der Waals surface area contributed by atoms with Gasteiger partial charge in [-0.3, -0.25) is 4.79 Å². The van der Waals surface area contributed by atoms with E-state index in [0.717, 1.165) is 18.5 Å². The second-order valence-corrected chi connectivity index (χ2v) is 5.81. The van der Waals surface area contributed by atoms with Gasteiger partial charge in [-0.25, -0.2) is 0 Å². The van der Waals surface area contributed by atoms with Crippen molar-refractivity contribution in [2.45, 2.75) is 25.8 Å². The molecule has 0 fully saturated rings. The molecule has 1 atom stereocenters. The largest absolute Gasteiger partial charge is 1.00 e. The smallest absolute Gasteiger partial charge is 0.168 e. The van der Waals surface area contributed by atoms with Crippen LogP contribution >= 0.6 is 11.6 Å². The highest BCUT2D eigenvalue weighted by Crippen LogP contribution is 2.10. The fourth-order valence-electron chi connectivity index (χ4n) is 2.35. The van der Waals surface area contributed by atoms with E-state index in [-0.39, 0.29) is 18.2 Å². The molecule has 2 N–H and O–H groups in total. The fraction of sp³-hybridized carbons (Fsp3) is 0.278. The van der Waals surface area contributed by atoms with Crippen molar-refractivity contribution in [3.05, 3.63) is 70.7 Å². The number of carbonyl (C=O) groups excluding carboxylic acids is 1. The summed E-state index contributed by atoms with van der Waals surface area (Å²) in [5.41, 5.74) is 2.08. The van der Waals surface area contributed by atoms with Gasteiger partial charge >= 0.3 is 0 Å². The number of ketones is 1. The summed E-state index contributed by atoms with van der Waals surface area (Å²) in [7, 11) is 0. The molecule has 1 unspecified atom stereocenters. The molecule has 0 aliphatic carbocycles. The maximum absolute atomic E-state index is 12.0. The number of nitrogens with two attached hydrogens (primary N) is 1. The zero-order valence-electron chi connectivity index (χ0n) is 12.6. The minimum atomic E-state index is 0. The summed E-state index contributed by atoms with van der Waals surface area (Å²) in [5.74, 6) is 0.176. The molecule has 0 heterocycles. The molecule has 2 aromatic rings. The summed E-state index contributed by atoms with van der Waals surface area (Å²) in [6, 6.07) is 18.0. The Balaban J connectivity index is 0.00000242. The summed E-state index contributed by atoms with van der Waals surface area (Å²) >= 11 is 5.82. The minimum absolute atomic E-state index is 0. The highest BCUT2D eigenvalue weighted by molar-refractivity contribution is 6.30. The molecule has 0 aromatic heterocycles. The van der Waals surface area contributed by atoms with Gasteiger partial charge in [-0.15, -0.1) is 0 Å². The van der Waals surface area contributed by atoms with Gasteiger partial charge < -0.3 is 17.7 Å². The van der Waals surface area contributed by atoms with E-state index in [4.69, 9.17) is 11.6 Å². The third-order valence-electron chi connectivity index (χ3n) is 3.51. The molecule has 22 heavy (non-hydrogen) atoms. The lowest BCUT2D eigenvalue weighted by Crippen LogP contribution is -3.00. The number of Topliss-reactive ketones (excluding diaryl/α,β-unsaturated/α-hetero) is 1. The van der Waals surface area contributed by atoms with Gasteiger partial charge in [-0.05, 0) is 36.8 Å². The molecule has 2 nitrogen and oxygen atoms in total. The maximum Gasteiger partial charge on any atom is 0.168 e. The first-order valence-corrected chi connectivity index (χ1v) is 7.69. The van der Waals surface area contributed by atoms with Gasteiger partial charge in [0.05, 0.1) is 19.0 Å². The molecule has 0 saturated heterocycles. The summed E-state index contributed by atoms with van der Waals surface area (Å²) in [5, 5.41) is 2.90. The maximum atomic E-state index is 12.0. The van der Waals surface area contributed by atoms with E-state index < -0.39 is 0 Å². The third-order valence-corrected chi connectivity index (χ3v) is 3.76. The molecule has 0 aliphatic rings. The van der Waals surface area contributed by atoms with Crippen LogP contribution in [0.4, 0.5) is 0 Å². The van der Waals surface area contributed by atoms with E-state index in [1.165, 1.54) is 5.56 Å². The van der Waals surface area contributed by atoms with Gasteiger partial charge in [0, 0.05) is 17.0 Å². The van der Waals surface area contributed by atoms with Gasteiger partial charge in [0.15, 0.2) is 5.78 Å². The van der Waals surface area contributed by atoms with Crippen molar-refractivity contribution in [1.29, 1.82) is 0 Å². The molecule has 0 radical (unpaired) electrons. The summed E-state index contributed by atoms with van der Waals surface area (Å²) < 4.78 is 0. The molecule has 0 saturated carbocycles. The predicted octanol–water partition coefficient (Wildman–Crippen LogP) is 0.111. The Morgan fingerprint density at radius 1 is 1.09 bits per heavy atom. The number of hydrogen-bond acceptors (Lipinski definition) is 1. The highest BCUT2D eigenvalue weighted by Gasteiger charge is 2.10. The molecule has 2 aromatic carbocycles. The number of quaternary nitrogens is 1. The van der Waals surface area contributed by atoms with Gasteiger partial charge in [0.25, 0.3) is 0 Å². The number of rotatable bonds is 7. The SMILES string of the molecule is CC(Cc1ccccc1)[NH2+]CCC(=O)c1ccc(Cl)cc1.[Cl-]. The Kier molecular flexibility index (Phi) is 8.18. The zero-order chi connectivity index (χ0) is 15.1. The summed E-state index contributed by atoms with van der Waals surface area (Å²) in [6.45, 7) is 3.01. The second-order valence-electron chi connectivity index (χ2n) is 5.37. The Morgan fingerprint density at radius 2 is 1.73 bits per heavy atom. The molecular weight excluding hydrogens is 317 g/mol. The number of carbonyl (C=O) groups is 1. The van der Waals surface area contributed by atoms with Crippen molar-refractivity contribution in [2.24, 2.45) is 0 Å². The molecule has 0 aliphatic heterocycles. The van der Waals surface area contributed by atoms with Crippen molar-refractivity contribution in [1.82, 2.24) is 0 Å². The molecule has 0 bridgehead atoms. The Hall–Kier alpha value is -1.35. The van der Waals surface area contributed by atoms with Gasteiger partial charge in [-0.2, -0.15) is 0 Å². The first-order chi connectivity index (χ1) is 10.1. The predicted molar refractivity (Wildman–Crippen MR) is 86.8 cm³/mol. The van der Waals surface area contributed by atoms with Crippen molar-refractivity contribution >= 4 is 17.4 Å². The van der Waals surface area contributed by atoms with Crippen LogP contribution in [0.25, 0.3) is 0 Å². The molecule has 2 rings (SSSR count). The number of benzene rings is 2. The zero-order valence-corrected chi connectivity index (χ0v) is 14.1. The normalized spacial score (nSPS) is 11.5. The molecule has 0 amide bonds. The molecule has 4 heteroatoms. The summed E-state index contributed by atoms with van der Waals surface area (Å²) in [6.07, 6.45) is 1.58. The average molecular weight is 338 g/mol. The lowest BCUT2D eigenvalue weighted by molar-refractivity contribution is -0.684. The third kappa shape index (κ3) is 6.18. The van der Waals surface area contributed by atoms with E-state index in [0.29, 0.717) is 17.5 Å². The topological polar surface area (TPSA) is 33.7 Å². The van der Waals surface area contributed by atoms with Crippen LogP contribution in [0.15, 0.2) is 54.6 Å². The Labute approximate surface area is 143 Å². The first kappa shape index (κ1) is 18.7. The van der Waals surface area contributed by atoms with Crippen molar-refractivity contribution in [3.8, 4) is 0 Å². The fourth-order valence-corrected chi connectivity index (χ4v) is 2.47. The molecular formula is C18H21Cl2NO. The van der Waals surface area contributed by atoms with Crippen LogP contribution in [0.5, 0.6) is 0 Å². The average Bonchev–Trinajstić information content (AvgIpc) is 2.49. The van der Waals surface area contributed by atoms with E-state index >= 15 is 0 Å². The Morgan fingerprint density at radius 3 is 2.36 bits per heavy atom. The van der Waals surface area contributed by atoms with Crippen LogP contribution in [0, 0.1) is 0 Å². The minimum Gasteiger partial charge on any atom is -1.00 e. The van der Waals surface area contributed by atoms with Gasteiger partial charge in [-0.1, -0.05) is 41.9 Å². The van der Waals surface area contributed by atoms with Crippen molar-refractivity contribution in [2.75, 3.05) is 6.54 Å². The van der Waals surface area contributed by atoms with Crippen LogP contribution in [-0.4, -0.2) is 18.4 Å². The van der Waals surface area contributed by atoms with Crippen LogP contribution in [0.2, 0.25) is 5.02 Å². The van der Waals surface area contributed by atoms with E-state index in [1.54, 1.807) is 24.3 Å². The van der Waals surface area contributed by atoms with Gasteiger partial charge in [0.2, 0.25) is 0 Å². The molecule has 118 valence electrons. The van der Waals surface area contributed by atoms with Crippen LogP contribution in [-0.2, 0) is 6.42 Å². The standard InChI is InChI=1S/C18H20ClNO.ClH/c1-14(13-15-5-3-2-4-6-15)20-12-11-18(21)16-7-9-17(19)10-8-16;/h2-10,14,20H,11-13H2,1H3;1H. The second kappa shape index (κ2) is 9.62. The van der Waals surface area contributed by atoms with Crippen LogP contribution in [0.3, 0.4) is 0 Å². The Bertz CT molecular complexity index is 569. The number of halogens is 2. The summed E-state index contributed by atoms with van der Waals surface area (Å²) in [4.78, 5) is 12.0. The van der Waals surface area contributed by atoms with Gasteiger partial charge in [0.1, 0.15) is 0 Å². The van der Waals surface area contributed by atoms with E-state index in [2.05, 4.69) is 36.5 Å². The first-order valence-electron chi connectivity index (χ1n) is 7.31. The lowest BCUT2D eigenvalue weighted by atomic mass is 10.1. The van der Waals surface area contributed by atoms with Crippen molar-refractivity contribution in [3.63, 3.8) is 0 Å².